The van der Waals surface area contributed by atoms with Crippen molar-refractivity contribution in [3.63, 3.8) is 0 Å². The summed E-state index contributed by atoms with van der Waals surface area (Å²) in [6.07, 6.45) is 0. The molecule has 0 aliphatic heterocycles. The summed E-state index contributed by atoms with van der Waals surface area (Å²) in [6, 6.07) is 9.74. The van der Waals surface area contributed by atoms with Crippen molar-refractivity contribution in [2.75, 3.05) is 5.73 Å². The van der Waals surface area contributed by atoms with E-state index in [1.165, 1.54) is 11.3 Å². The third-order valence-electron chi connectivity index (χ3n) is 3.72. The first kappa shape index (κ1) is 21.5. The third-order valence-corrected chi connectivity index (χ3v) is 5.37. The molecule has 1 amide bonds. The molecule has 0 spiro atoms. The van der Waals surface area contributed by atoms with Crippen molar-refractivity contribution in [2.45, 2.75) is 20.4 Å². The molecule has 0 saturated carbocycles. The van der Waals surface area contributed by atoms with Gasteiger partial charge in [0, 0.05) is 11.9 Å². The van der Waals surface area contributed by atoms with Crippen molar-refractivity contribution in [2.24, 2.45) is 0 Å². The lowest BCUT2D eigenvalue weighted by Gasteiger charge is -2.05. The standard InChI is InChI=1S/C17H16ClN3OS.2ClH/c1-9-12-14(19)15(23-17(12)21-10(2)13(9)18)16(22)20-8-11-6-4-3-5-7-11;;/h3-7H,8,19H2,1-2H3,(H,20,22);2*1H. The molecule has 3 aromatic rings. The molecule has 3 N–H and O–H groups in total. The lowest BCUT2D eigenvalue weighted by atomic mass is 10.1. The molecule has 0 atom stereocenters. The maximum atomic E-state index is 12.4. The smallest absolute Gasteiger partial charge is 0.263 e. The van der Waals surface area contributed by atoms with Crippen molar-refractivity contribution in [3.05, 3.63) is 57.1 Å². The number of thiophene rings is 1. The van der Waals surface area contributed by atoms with Crippen LogP contribution in [0, 0.1) is 13.8 Å². The van der Waals surface area contributed by atoms with Crippen molar-refractivity contribution in [1.82, 2.24) is 10.3 Å². The Hall–Kier alpha value is -1.53. The summed E-state index contributed by atoms with van der Waals surface area (Å²) in [6.45, 7) is 4.20. The Morgan fingerprint density at radius 2 is 1.88 bits per heavy atom. The summed E-state index contributed by atoms with van der Waals surface area (Å²) in [5, 5.41) is 4.27. The first-order valence-electron chi connectivity index (χ1n) is 7.16. The first-order chi connectivity index (χ1) is 11.0. The largest absolute Gasteiger partial charge is 0.397 e. The number of fused-ring (bicyclic) bond motifs is 1. The maximum Gasteiger partial charge on any atom is 0.263 e. The fourth-order valence-corrected chi connectivity index (χ4v) is 3.74. The number of hydrogen-bond donors (Lipinski definition) is 2. The number of halogens is 3. The average molecular weight is 419 g/mol. The van der Waals surface area contributed by atoms with Gasteiger partial charge in [0.25, 0.3) is 5.91 Å². The van der Waals surface area contributed by atoms with Gasteiger partial charge in [0.05, 0.1) is 16.4 Å². The molecule has 0 unspecified atom stereocenters. The highest BCUT2D eigenvalue weighted by molar-refractivity contribution is 7.21. The molecule has 0 saturated heterocycles. The lowest BCUT2D eigenvalue weighted by molar-refractivity contribution is 0.0956. The van der Waals surface area contributed by atoms with Gasteiger partial charge >= 0.3 is 0 Å². The van der Waals surface area contributed by atoms with E-state index in [4.69, 9.17) is 17.3 Å². The Kier molecular flexibility index (Phi) is 7.50. The number of nitrogens with zero attached hydrogens (tertiary/aromatic N) is 1. The first-order valence-corrected chi connectivity index (χ1v) is 8.35. The number of nitrogen functional groups attached to an aromatic ring is 1. The van der Waals surface area contributed by atoms with Gasteiger partial charge in [0.1, 0.15) is 9.71 Å². The highest BCUT2D eigenvalue weighted by Crippen LogP contribution is 2.38. The van der Waals surface area contributed by atoms with E-state index in [0.29, 0.717) is 22.1 Å². The average Bonchev–Trinajstić information content (AvgIpc) is 2.88. The minimum Gasteiger partial charge on any atom is -0.397 e. The van der Waals surface area contributed by atoms with Gasteiger partial charge in [0.15, 0.2) is 0 Å². The molecule has 0 aliphatic carbocycles. The molecule has 0 bridgehead atoms. The number of carbonyl (C=O) groups is 1. The second-order valence-electron chi connectivity index (χ2n) is 5.33. The molecule has 2 aromatic heterocycles. The van der Waals surface area contributed by atoms with Crippen molar-refractivity contribution in [1.29, 1.82) is 0 Å². The Balaban J connectivity index is 0.00000156. The van der Waals surface area contributed by atoms with Gasteiger partial charge in [-0.25, -0.2) is 4.98 Å². The minimum atomic E-state index is -0.192. The van der Waals surface area contributed by atoms with Crippen LogP contribution >= 0.6 is 47.8 Å². The van der Waals surface area contributed by atoms with E-state index in [2.05, 4.69) is 10.3 Å². The fraction of sp³-hybridized carbons (Fsp3) is 0.176. The highest BCUT2D eigenvalue weighted by atomic mass is 35.5. The van der Waals surface area contributed by atoms with Crippen LogP contribution in [0.2, 0.25) is 5.02 Å². The third kappa shape index (κ3) is 4.18. The van der Waals surface area contributed by atoms with Gasteiger partial charge in [-0.05, 0) is 25.0 Å². The quantitative estimate of drug-likeness (QED) is 0.634. The number of pyridine rings is 1. The van der Waals surface area contributed by atoms with Crippen molar-refractivity contribution >= 4 is 69.6 Å². The zero-order valence-electron chi connectivity index (χ0n) is 13.6. The van der Waals surface area contributed by atoms with Gasteiger partial charge in [-0.15, -0.1) is 36.2 Å². The summed E-state index contributed by atoms with van der Waals surface area (Å²) >= 11 is 7.54. The van der Waals surface area contributed by atoms with Crippen LogP contribution in [0.5, 0.6) is 0 Å². The summed E-state index contributed by atoms with van der Waals surface area (Å²) in [7, 11) is 0. The van der Waals surface area contributed by atoms with Crippen LogP contribution in [-0.4, -0.2) is 10.9 Å². The van der Waals surface area contributed by atoms with E-state index in [9.17, 15) is 4.79 Å². The van der Waals surface area contributed by atoms with Crippen LogP contribution in [-0.2, 0) is 6.54 Å². The number of nitrogens with two attached hydrogens (primary N) is 1. The zero-order valence-corrected chi connectivity index (χ0v) is 16.8. The van der Waals surface area contributed by atoms with Crippen LogP contribution in [0.25, 0.3) is 10.2 Å². The number of benzene rings is 1. The zero-order chi connectivity index (χ0) is 16.6. The number of aromatic nitrogens is 1. The number of nitrogens with one attached hydrogen (secondary N) is 1. The molecule has 8 heteroatoms. The molecule has 2 heterocycles. The number of aryl methyl sites for hydroxylation is 2. The maximum absolute atomic E-state index is 12.4. The number of anilines is 1. The second kappa shape index (κ2) is 8.72. The Morgan fingerprint density at radius 1 is 1.24 bits per heavy atom. The highest BCUT2D eigenvalue weighted by Gasteiger charge is 2.20. The van der Waals surface area contributed by atoms with Gasteiger partial charge in [-0.1, -0.05) is 41.9 Å². The van der Waals surface area contributed by atoms with E-state index in [1.54, 1.807) is 0 Å². The Labute approximate surface area is 167 Å². The number of hydrogen-bond acceptors (Lipinski definition) is 4. The normalized spacial score (nSPS) is 10.0. The van der Waals surface area contributed by atoms with E-state index in [1.807, 2.05) is 44.2 Å². The molecule has 0 fully saturated rings. The van der Waals surface area contributed by atoms with E-state index < -0.39 is 0 Å². The molecule has 25 heavy (non-hydrogen) atoms. The van der Waals surface area contributed by atoms with Crippen LogP contribution < -0.4 is 11.1 Å². The van der Waals surface area contributed by atoms with Gasteiger partial charge < -0.3 is 11.1 Å². The molecular formula is C17H18Cl3N3OS. The molecule has 3 rings (SSSR count). The summed E-state index contributed by atoms with van der Waals surface area (Å²) in [5.74, 6) is -0.192. The number of rotatable bonds is 3. The predicted octanol–water partition coefficient (Wildman–Crippen LogP) is 4.92. The molecule has 4 nitrogen and oxygen atoms in total. The lowest BCUT2D eigenvalue weighted by Crippen LogP contribution is -2.22. The predicted molar refractivity (Wildman–Crippen MR) is 111 cm³/mol. The van der Waals surface area contributed by atoms with Crippen molar-refractivity contribution in [3.8, 4) is 0 Å². The van der Waals surface area contributed by atoms with E-state index >= 15 is 0 Å². The van der Waals surface area contributed by atoms with Gasteiger partial charge in [-0.3, -0.25) is 4.79 Å². The van der Waals surface area contributed by atoms with Crippen LogP contribution in [0.3, 0.4) is 0 Å². The summed E-state index contributed by atoms with van der Waals surface area (Å²) in [5.41, 5.74) is 9.27. The molecular weight excluding hydrogens is 401 g/mol. The molecule has 0 aliphatic rings. The summed E-state index contributed by atoms with van der Waals surface area (Å²) in [4.78, 5) is 18.1. The molecule has 0 radical (unpaired) electrons. The SMILES string of the molecule is Cc1nc2sc(C(=O)NCc3ccccc3)c(N)c2c(C)c1Cl.Cl.Cl. The molecule has 1 aromatic carbocycles. The minimum absolute atomic E-state index is 0. The Bertz CT molecular complexity index is 897. The van der Waals surface area contributed by atoms with Crippen LogP contribution in [0.1, 0.15) is 26.5 Å². The number of amides is 1. The topological polar surface area (TPSA) is 68.0 Å². The van der Waals surface area contributed by atoms with Gasteiger partial charge in [0.2, 0.25) is 0 Å². The molecule has 134 valence electrons. The van der Waals surface area contributed by atoms with Crippen molar-refractivity contribution < 1.29 is 4.79 Å². The summed E-state index contributed by atoms with van der Waals surface area (Å²) < 4.78 is 0. The van der Waals surface area contributed by atoms with Crippen LogP contribution in [0.15, 0.2) is 30.3 Å². The van der Waals surface area contributed by atoms with Gasteiger partial charge in [-0.2, -0.15) is 0 Å². The second-order valence-corrected chi connectivity index (χ2v) is 6.71. The van der Waals surface area contributed by atoms with E-state index in [-0.39, 0.29) is 30.7 Å². The number of carbonyl (C=O) groups excluding carboxylic acids is 1. The Morgan fingerprint density at radius 3 is 2.52 bits per heavy atom. The monoisotopic (exact) mass is 417 g/mol. The van der Waals surface area contributed by atoms with Crippen LogP contribution in [0.4, 0.5) is 5.69 Å². The fourth-order valence-electron chi connectivity index (χ4n) is 2.48. The van der Waals surface area contributed by atoms with E-state index in [0.717, 1.165) is 27.0 Å².